The molecule has 0 saturated carbocycles. The number of nitrogens with one attached hydrogen (secondary N) is 1. The SMILES string of the molecule is COc1cc(-c2cnc3cc(-c4cnn(C)c4)ccn23)cc(NCCO)c1C(=O)CCC(F)(F)F. The number of aryl methyl sites for hydroxylation is 1. The van der Waals surface area contributed by atoms with Crippen LogP contribution < -0.4 is 10.1 Å². The minimum atomic E-state index is -4.45. The summed E-state index contributed by atoms with van der Waals surface area (Å²) in [6.07, 6.45) is 0.783. The third-order valence-corrected chi connectivity index (χ3v) is 5.51. The summed E-state index contributed by atoms with van der Waals surface area (Å²) >= 11 is 0. The fraction of sp³-hybridized carbons (Fsp3) is 0.292. The standard InChI is InChI=1S/C24H24F3N5O3/c1-31-14-17(12-30-31)15-4-7-32-19(13-29-22(32)11-15)16-9-18(28-6-8-33)23(21(10-16)35-2)20(34)3-5-24(25,26)27/h4,7,9-14,28,33H,3,5-6,8H2,1-2H3. The van der Waals surface area contributed by atoms with Crippen molar-refractivity contribution in [3.8, 4) is 28.1 Å². The second-order valence-electron chi connectivity index (χ2n) is 7.98. The summed E-state index contributed by atoms with van der Waals surface area (Å²) in [5.74, 6) is -0.567. The first kappa shape index (κ1) is 24.3. The number of aliphatic hydroxyl groups is 1. The molecule has 0 fully saturated rings. The molecular formula is C24H24F3N5O3. The van der Waals surface area contributed by atoms with E-state index in [1.807, 2.05) is 36.0 Å². The summed E-state index contributed by atoms with van der Waals surface area (Å²) in [6.45, 7) is -0.122. The van der Waals surface area contributed by atoms with Crippen LogP contribution in [0.25, 0.3) is 28.0 Å². The molecule has 2 N–H and O–H groups in total. The molecule has 1 aromatic carbocycles. The lowest BCUT2D eigenvalue weighted by atomic mass is 9.99. The number of hydrogen-bond acceptors (Lipinski definition) is 6. The number of imidazole rings is 1. The van der Waals surface area contributed by atoms with E-state index < -0.39 is 24.8 Å². The van der Waals surface area contributed by atoms with E-state index in [1.165, 1.54) is 7.11 Å². The minimum Gasteiger partial charge on any atom is -0.496 e. The van der Waals surface area contributed by atoms with Gasteiger partial charge in [0.25, 0.3) is 0 Å². The number of Topliss-reactive ketones (excluding diaryl/α,β-unsaturated/α-hetero) is 1. The van der Waals surface area contributed by atoms with Crippen LogP contribution >= 0.6 is 0 Å². The molecule has 0 saturated heterocycles. The average Bonchev–Trinajstić information content (AvgIpc) is 3.45. The Morgan fingerprint density at radius 1 is 1.17 bits per heavy atom. The van der Waals surface area contributed by atoms with Crippen LogP contribution in [0.15, 0.2) is 49.1 Å². The van der Waals surface area contributed by atoms with Gasteiger partial charge in [-0.25, -0.2) is 4.98 Å². The number of ketones is 1. The molecule has 0 atom stereocenters. The van der Waals surface area contributed by atoms with Crippen LogP contribution in [-0.4, -0.2) is 56.5 Å². The summed E-state index contributed by atoms with van der Waals surface area (Å²) in [6, 6.07) is 7.09. The number of anilines is 1. The Morgan fingerprint density at radius 2 is 1.97 bits per heavy atom. The lowest BCUT2D eigenvalue weighted by Gasteiger charge is -2.17. The smallest absolute Gasteiger partial charge is 0.389 e. The van der Waals surface area contributed by atoms with Gasteiger partial charge >= 0.3 is 6.18 Å². The van der Waals surface area contributed by atoms with Gasteiger partial charge in [0, 0.05) is 49.2 Å². The van der Waals surface area contributed by atoms with Gasteiger partial charge in [-0.3, -0.25) is 13.9 Å². The van der Waals surface area contributed by atoms with Crippen LogP contribution in [0.5, 0.6) is 5.75 Å². The molecular weight excluding hydrogens is 463 g/mol. The fourth-order valence-electron chi connectivity index (χ4n) is 3.87. The van der Waals surface area contributed by atoms with E-state index in [-0.39, 0.29) is 30.2 Å². The van der Waals surface area contributed by atoms with E-state index in [1.54, 1.807) is 29.2 Å². The highest BCUT2D eigenvalue weighted by molar-refractivity contribution is 6.04. The van der Waals surface area contributed by atoms with Crippen molar-refractivity contribution in [2.75, 3.05) is 25.6 Å². The highest BCUT2D eigenvalue weighted by Crippen LogP contribution is 2.36. The zero-order valence-corrected chi connectivity index (χ0v) is 19.1. The van der Waals surface area contributed by atoms with Crippen molar-refractivity contribution in [3.63, 3.8) is 0 Å². The summed E-state index contributed by atoms with van der Waals surface area (Å²) < 4.78 is 47.1. The van der Waals surface area contributed by atoms with Crippen molar-refractivity contribution in [1.29, 1.82) is 0 Å². The maximum atomic E-state index is 12.7. The van der Waals surface area contributed by atoms with Crippen LogP contribution in [0.1, 0.15) is 23.2 Å². The number of rotatable bonds is 9. The predicted octanol–water partition coefficient (Wildman–Crippen LogP) is 4.34. The average molecular weight is 487 g/mol. The third-order valence-electron chi connectivity index (χ3n) is 5.51. The lowest BCUT2D eigenvalue weighted by Crippen LogP contribution is -2.15. The Kier molecular flexibility index (Phi) is 6.79. The number of aromatic nitrogens is 4. The zero-order chi connectivity index (χ0) is 25.2. The van der Waals surface area contributed by atoms with Crippen LogP contribution in [0.3, 0.4) is 0 Å². The van der Waals surface area contributed by atoms with Gasteiger partial charge in [0.15, 0.2) is 5.78 Å². The topological polar surface area (TPSA) is 93.7 Å². The van der Waals surface area contributed by atoms with E-state index in [0.717, 1.165) is 11.1 Å². The molecule has 0 aliphatic rings. The fourth-order valence-corrected chi connectivity index (χ4v) is 3.87. The Hall–Kier alpha value is -3.86. The molecule has 4 aromatic rings. The van der Waals surface area contributed by atoms with E-state index in [4.69, 9.17) is 4.74 Å². The van der Waals surface area contributed by atoms with E-state index in [0.29, 0.717) is 16.9 Å². The first-order valence-electron chi connectivity index (χ1n) is 10.8. The van der Waals surface area contributed by atoms with Crippen molar-refractivity contribution in [3.05, 3.63) is 54.6 Å². The van der Waals surface area contributed by atoms with Gasteiger partial charge in [-0.2, -0.15) is 18.3 Å². The number of ether oxygens (including phenoxy) is 1. The van der Waals surface area contributed by atoms with Crippen molar-refractivity contribution in [1.82, 2.24) is 19.2 Å². The first-order chi connectivity index (χ1) is 16.7. The number of aliphatic hydroxyl groups excluding tert-OH is 1. The highest BCUT2D eigenvalue weighted by atomic mass is 19.4. The first-order valence-corrected chi connectivity index (χ1v) is 10.8. The van der Waals surface area contributed by atoms with Crippen molar-refractivity contribution in [2.45, 2.75) is 19.0 Å². The number of fused-ring (bicyclic) bond motifs is 1. The normalized spacial score (nSPS) is 11.7. The second-order valence-corrected chi connectivity index (χ2v) is 7.98. The van der Waals surface area contributed by atoms with Crippen molar-refractivity contribution < 1.29 is 27.8 Å². The van der Waals surface area contributed by atoms with Crippen LogP contribution in [0.4, 0.5) is 18.9 Å². The van der Waals surface area contributed by atoms with Gasteiger partial charge in [-0.05, 0) is 29.8 Å². The quantitative estimate of drug-likeness (QED) is 0.341. The largest absolute Gasteiger partial charge is 0.496 e. The number of pyridine rings is 1. The molecule has 0 bridgehead atoms. The van der Waals surface area contributed by atoms with Gasteiger partial charge in [0.1, 0.15) is 11.4 Å². The Bertz CT molecular complexity index is 1360. The summed E-state index contributed by atoms with van der Waals surface area (Å²) in [5, 5.41) is 16.4. The molecule has 0 spiro atoms. The predicted molar refractivity (Wildman–Crippen MR) is 125 cm³/mol. The molecule has 0 aliphatic heterocycles. The molecule has 3 heterocycles. The summed E-state index contributed by atoms with van der Waals surface area (Å²) in [5.41, 5.74) is 4.18. The molecule has 3 aromatic heterocycles. The van der Waals surface area contributed by atoms with Crippen LogP contribution in [-0.2, 0) is 7.05 Å². The van der Waals surface area contributed by atoms with E-state index >= 15 is 0 Å². The molecule has 35 heavy (non-hydrogen) atoms. The van der Waals surface area contributed by atoms with Crippen LogP contribution in [0.2, 0.25) is 0 Å². The Morgan fingerprint density at radius 3 is 2.63 bits per heavy atom. The number of alkyl halides is 3. The van der Waals surface area contributed by atoms with E-state index in [9.17, 15) is 23.1 Å². The Balaban J connectivity index is 1.76. The molecule has 0 aliphatic carbocycles. The maximum absolute atomic E-state index is 12.7. The van der Waals surface area contributed by atoms with Crippen molar-refractivity contribution >= 4 is 17.1 Å². The van der Waals surface area contributed by atoms with Crippen molar-refractivity contribution in [2.24, 2.45) is 7.05 Å². The number of carbonyl (C=O) groups excluding carboxylic acids is 1. The molecule has 184 valence electrons. The molecule has 0 unspecified atom stereocenters. The number of hydrogen-bond donors (Lipinski definition) is 2. The molecule has 0 radical (unpaired) electrons. The molecule has 4 rings (SSSR count). The second kappa shape index (κ2) is 9.79. The van der Waals surface area contributed by atoms with Gasteiger partial charge in [-0.15, -0.1) is 0 Å². The number of carbonyl (C=O) groups is 1. The third kappa shape index (κ3) is 5.29. The van der Waals surface area contributed by atoms with Crippen LogP contribution in [0, 0.1) is 0 Å². The van der Waals surface area contributed by atoms with Gasteiger partial charge in [0.2, 0.25) is 0 Å². The zero-order valence-electron chi connectivity index (χ0n) is 19.1. The Labute approximate surface area is 199 Å². The number of nitrogens with zero attached hydrogens (tertiary/aromatic N) is 4. The summed E-state index contributed by atoms with van der Waals surface area (Å²) in [4.78, 5) is 17.2. The molecule has 0 amide bonds. The van der Waals surface area contributed by atoms with Gasteiger partial charge in [-0.1, -0.05) is 0 Å². The van der Waals surface area contributed by atoms with Gasteiger partial charge < -0.3 is 15.2 Å². The highest BCUT2D eigenvalue weighted by Gasteiger charge is 2.30. The van der Waals surface area contributed by atoms with Gasteiger partial charge in [0.05, 0.1) is 43.8 Å². The summed E-state index contributed by atoms with van der Waals surface area (Å²) in [7, 11) is 3.19. The van der Waals surface area contributed by atoms with E-state index in [2.05, 4.69) is 15.4 Å². The maximum Gasteiger partial charge on any atom is 0.389 e. The monoisotopic (exact) mass is 487 g/mol. The minimum absolute atomic E-state index is 0.0154. The molecule has 11 heteroatoms. The molecule has 8 nitrogen and oxygen atoms in total. The number of halogens is 3. The number of benzene rings is 1. The number of methoxy groups -OCH3 is 1. The lowest BCUT2D eigenvalue weighted by molar-refractivity contribution is -0.133.